The Hall–Kier alpha value is -2.64. The highest BCUT2D eigenvalue weighted by Crippen LogP contribution is 2.31. The fourth-order valence-electron chi connectivity index (χ4n) is 3.56. The number of hydrogen-bond donors (Lipinski definition) is 3. The van der Waals surface area contributed by atoms with Crippen LogP contribution in [0.25, 0.3) is 22.4 Å². The summed E-state index contributed by atoms with van der Waals surface area (Å²) in [5.74, 6) is -1.02. The number of aliphatic hydroxyl groups is 1. The van der Waals surface area contributed by atoms with E-state index in [0.29, 0.717) is 53.6 Å². The van der Waals surface area contributed by atoms with Gasteiger partial charge in [-0.1, -0.05) is 29.8 Å². The molecule has 1 aliphatic carbocycles. The Morgan fingerprint density at radius 2 is 2.00 bits per heavy atom. The highest BCUT2D eigenvalue weighted by molar-refractivity contribution is 6.33. The Morgan fingerprint density at radius 3 is 2.71 bits per heavy atom. The zero-order valence-electron chi connectivity index (χ0n) is 15.1. The third-order valence-electron chi connectivity index (χ3n) is 5.09. The molecule has 0 atom stereocenters. The number of carboxylic acids is 1. The number of imidazole rings is 1. The molecule has 0 bridgehead atoms. The van der Waals surface area contributed by atoms with Crippen LogP contribution in [-0.4, -0.2) is 37.2 Å². The van der Waals surface area contributed by atoms with Gasteiger partial charge in [0.1, 0.15) is 11.6 Å². The Morgan fingerprint density at radius 1 is 1.21 bits per heavy atom. The third kappa shape index (κ3) is 3.81. The smallest absolute Gasteiger partial charge is 0.306 e. The summed E-state index contributed by atoms with van der Waals surface area (Å²) in [4.78, 5) is 23.1. The number of pyridine rings is 1. The molecule has 1 fully saturated rings. The predicted molar refractivity (Wildman–Crippen MR) is 104 cm³/mol. The number of nitrogens with zero attached hydrogens (tertiary/aromatic N) is 2. The van der Waals surface area contributed by atoms with Crippen LogP contribution < -0.4 is 4.74 Å². The molecule has 4 rings (SSSR count). The van der Waals surface area contributed by atoms with Gasteiger partial charge in [-0.15, -0.1) is 0 Å². The number of fused-ring (bicyclic) bond motifs is 1. The second kappa shape index (κ2) is 7.77. The molecule has 0 amide bonds. The van der Waals surface area contributed by atoms with Gasteiger partial charge in [-0.05, 0) is 43.4 Å². The standard InChI is InChI=1S/C20H20ClN3O4/c21-15-9-16-18(23-17(15)13-3-1-2-11(8-13)10-25)24-20(22-16)28-14-6-4-12(5-7-14)19(26)27/h1-3,8-9,12,14,25H,4-7,10H2,(H,26,27)(H,22,23,24)/t12-,14-. The van der Waals surface area contributed by atoms with Gasteiger partial charge in [0, 0.05) is 5.56 Å². The van der Waals surface area contributed by atoms with Gasteiger partial charge in [-0.2, -0.15) is 4.98 Å². The van der Waals surface area contributed by atoms with E-state index in [1.54, 1.807) is 6.07 Å². The number of H-pyrrole nitrogens is 1. The number of aliphatic carboxylic acids is 1. The minimum absolute atomic E-state index is 0.0557. The molecule has 146 valence electrons. The largest absolute Gasteiger partial charge is 0.481 e. The van der Waals surface area contributed by atoms with Gasteiger partial charge < -0.3 is 14.9 Å². The molecule has 0 saturated heterocycles. The van der Waals surface area contributed by atoms with Gasteiger partial charge in [0.05, 0.1) is 23.2 Å². The van der Waals surface area contributed by atoms with E-state index in [0.717, 1.165) is 11.1 Å². The first-order valence-corrected chi connectivity index (χ1v) is 9.57. The van der Waals surface area contributed by atoms with Crippen molar-refractivity contribution in [1.82, 2.24) is 15.0 Å². The lowest BCUT2D eigenvalue weighted by atomic mass is 9.87. The van der Waals surface area contributed by atoms with E-state index in [1.165, 1.54) is 0 Å². The zero-order valence-corrected chi connectivity index (χ0v) is 15.8. The highest BCUT2D eigenvalue weighted by atomic mass is 35.5. The van der Waals surface area contributed by atoms with Crippen LogP contribution in [0.15, 0.2) is 30.3 Å². The monoisotopic (exact) mass is 401 g/mol. The number of nitrogens with one attached hydrogen (secondary N) is 1. The van der Waals surface area contributed by atoms with Crippen LogP contribution in [-0.2, 0) is 11.4 Å². The molecule has 2 heterocycles. The number of ether oxygens (including phenoxy) is 1. The Labute approximate surface area is 166 Å². The number of carbonyl (C=O) groups is 1. The Bertz CT molecular complexity index is 1010. The van der Waals surface area contributed by atoms with Crippen molar-refractivity contribution in [3.63, 3.8) is 0 Å². The van der Waals surface area contributed by atoms with E-state index in [-0.39, 0.29) is 18.6 Å². The van der Waals surface area contributed by atoms with Gasteiger partial charge in [0.2, 0.25) is 0 Å². The first-order chi connectivity index (χ1) is 13.5. The molecule has 1 aliphatic rings. The van der Waals surface area contributed by atoms with Crippen LogP contribution in [0.5, 0.6) is 6.01 Å². The first kappa shape index (κ1) is 18.7. The van der Waals surface area contributed by atoms with Crippen LogP contribution >= 0.6 is 11.6 Å². The summed E-state index contributed by atoms with van der Waals surface area (Å²) in [6, 6.07) is 9.49. The average Bonchev–Trinajstić information content (AvgIpc) is 3.08. The molecule has 3 N–H and O–H groups in total. The second-order valence-electron chi connectivity index (χ2n) is 7.02. The highest BCUT2D eigenvalue weighted by Gasteiger charge is 2.27. The molecule has 8 heteroatoms. The number of carboxylic acid groups (broad SMARTS) is 1. The van der Waals surface area contributed by atoms with Crippen molar-refractivity contribution in [1.29, 1.82) is 0 Å². The fourth-order valence-corrected chi connectivity index (χ4v) is 3.81. The normalized spacial score (nSPS) is 19.6. The molecule has 7 nitrogen and oxygen atoms in total. The number of hydrogen-bond acceptors (Lipinski definition) is 5. The summed E-state index contributed by atoms with van der Waals surface area (Å²) in [6.07, 6.45) is 2.51. The number of benzene rings is 1. The molecule has 3 aromatic rings. The van der Waals surface area contributed by atoms with Crippen molar-refractivity contribution in [2.45, 2.75) is 38.4 Å². The number of aromatic nitrogens is 3. The van der Waals surface area contributed by atoms with E-state index < -0.39 is 5.97 Å². The van der Waals surface area contributed by atoms with Crippen LogP contribution in [0, 0.1) is 5.92 Å². The molecule has 0 spiro atoms. The molecular weight excluding hydrogens is 382 g/mol. The minimum Gasteiger partial charge on any atom is -0.481 e. The maximum atomic E-state index is 11.1. The van der Waals surface area contributed by atoms with Crippen molar-refractivity contribution in [3.05, 3.63) is 40.9 Å². The summed E-state index contributed by atoms with van der Waals surface area (Å²) in [5, 5.41) is 18.9. The second-order valence-corrected chi connectivity index (χ2v) is 7.42. The third-order valence-corrected chi connectivity index (χ3v) is 5.38. The first-order valence-electron chi connectivity index (χ1n) is 9.19. The van der Waals surface area contributed by atoms with Crippen LogP contribution in [0.2, 0.25) is 5.02 Å². The summed E-state index contributed by atoms with van der Waals surface area (Å²) in [5.41, 5.74) is 3.34. The van der Waals surface area contributed by atoms with Gasteiger partial charge in [-0.3, -0.25) is 9.78 Å². The molecular formula is C20H20ClN3O4. The number of halogens is 1. The Balaban J connectivity index is 1.55. The van der Waals surface area contributed by atoms with E-state index in [9.17, 15) is 9.90 Å². The number of aromatic amines is 1. The lowest BCUT2D eigenvalue weighted by Gasteiger charge is -2.25. The SMILES string of the molecule is O=C(O)[C@H]1CC[C@H](Oc2nc3cc(Cl)c(-c4cccc(CO)c4)nc3[nH]2)CC1. The van der Waals surface area contributed by atoms with Crippen molar-refractivity contribution in [3.8, 4) is 17.3 Å². The summed E-state index contributed by atoms with van der Waals surface area (Å²) in [6.45, 7) is -0.0557. The van der Waals surface area contributed by atoms with Gasteiger partial charge >= 0.3 is 5.97 Å². The van der Waals surface area contributed by atoms with Crippen molar-refractivity contribution < 1.29 is 19.7 Å². The quantitative estimate of drug-likeness (QED) is 0.600. The van der Waals surface area contributed by atoms with Crippen molar-refractivity contribution in [2.24, 2.45) is 5.92 Å². The summed E-state index contributed by atoms with van der Waals surface area (Å²) >= 11 is 6.40. The maximum Gasteiger partial charge on any atom is 0.306 e. The molecule has 0 radical (unpaired) electrons. The predicted octanol–water partition coefficient (Wildman–Crippen LogP) is 3.79. The molecule has 1 aromatic carbocycles. The maximum absolute atomic E-state index is 11.1. The zero-order chi connectivity index (χ0) is 19.7. The van der Waals surface area contributed by atoms with Gasteiger partial charge in [0.15, 0.2) is 5.65 Å². The van der Waals surface area contributed by atoms with E-state index >= 15 is 0 Å². The van der Waals surface area contributed by atoms with E-state index in [4.69, 9.17) is 21.4 Å². The van der Waals surface area contributed by atoms with E-state index in [1.807, 2.05) is 24.3 Å². The van der Waals surface area contributed by atoms with Crippen LogP contribution in [0.4, 0.5) is 0 Å². The lowest BCUT2D eigenvalue weighted by molar-refractivity contribution is -0.143. The molecule has 2 aromatic heterocycles. The fraction of sp³-hybridized carbons (Fsp3) is 0.350. The molecule has 0 aliphatic heterocycles. The molecule has 28 heavy (non-hydrogen) atoms. The van der Waals surface area contributed by atoms with Gasteiger partial charge in [-0.25, -0.2) is 4.98 Å². The minimum atomic E-state index is -0.737. The lowest BCUT2D eigenvalue weighted by Crippen LogP contribution is -2.28. The van der Waals surface area contributed by atoms with Crippen LogP contribution in [0.1, 0.15) is 31.2 Å². The van der Waals surface area contributed by atoms with E-state index in [2.05, 4.69) is 15.0 Å². The number of rotatable bonds is 5. The molecule has 1 saturated carbocycles. The van der Waals surface area contributed by atoms with Crippen molar-refractivity contribution in [2.75, 3.05) is 0 Å². The van der Waals surface area contributed by atoms with Crippen molar-refractivity contribution >= 4 is 28.7 Å². The topological polar surface area (TPSA) is 108 Å². The average molecular weight is 402 g/mol. The number of aliphatic hydroxyl groups excluding tert-OH is 1. The molecule has 0 unspecified atom stereocenters. The van der Waals surface area contributed by atoms with Crippen LogP contribution in [0.3, 0.4) is 0 Å². The Kier molecular flexibility index (Phi) is 5.19. The van der Waals surface area contributed by atoms with Gasteiger partial charge in [0.25, 0.3) is 6.01 Å². The summed E-state index contributed by atoms with van der Waals surface area (Å²) in [7, 11) is 0. The summed E-state index contributed by atoms with van der Waals surface area (Å²) < 4.78 is 5.91.